The minimum atomic E-state index is -4.88. The molecule has 2 aliphatic rings. The predicted octanol–water partition coefficient (Wildman–Crippen LogP) is 3.81. The van der Waals surface area contributed by atoms with E-state index in [9.17, 15) is 35.2 Å². The number of hydrogen-bond acceptors (Lipinski definition) is 5. The monoisotopic (exact) mass is 580 g/mol. The van der Waals surface area contributed by atoms with Crippen LogP contribution < -0.4 is 4.74 Å². The summed E-state index contributed by atoms with van der Waals surface area (Å²) in [6.07, 6.45) is -5.88. The Morgan fingerprint density at radius 2 is 1.67 bits per heavy atom. The molecule has 218 valence electrons. The van der Waals surface area contributed by atoms with Crippen molar-refractivity contribution < 1.29 is 39.9 Å². The van der Waals surface area contributed by atoms with Crippen LogP contribution in [0.1, 0.15) is 37.2 Å². The molecule has 1 aromatic heterocycles. The van der Waals surface area contributed by atoms with E-state index >= 15 is 0 Å². The number of aromatic nitrogens is 1. The lowest BCUT2D eigenvalue weighted by Crippen LogP contribution is -2.52. The fourth-order valence-corrected chi connectivity index (χ4v) is 6.48. The second-order valence-electron chi connectivity index (χ2n) is 10.3. The van der Waals surface area contributed by atoms with Gasteiger partial charge in [0.1, 0.15) is 17.5 Å². The molecule has 3 heterocycles. The number of piperazine rings is 1. The highest BCUT2D eigenvalue weighted by atomic mass is 32.2. The molecule has 2 saturated heterocycles. The molecule has 1 aromatic carbocycles. The van der Waals surface area contributed by atoms with Gasteiger partial charge >= 0.3 is 6.18 Å². The minimum absolute atomic E-state index is 0.000657. The van der Waals surface area contributed by atoms with Crippen LogP contribution >= 0.6 is 0 Å². The van der Waals surface area contributed by atoms with E-state index in [0.717, 1.165) is 25.9 Å². The van der Waals surface area contributed by atoms with Gasteiger partial charge in [-0.1, -0.05) is 0 Å². The van der Waals surface area contributed by atoms with Gasteiger partial charge in [0.15, 0.2) is 5.75 Å². The summed E-state index contributed by atoms with van der Waals surface area (Å²) in [4.78, 5) is 17.0. The molecule has 0 aliphatic carbocycles. The standard InChI is InChI=1S/C25H33F5N4O4S/c1-17(2)31-7-5-19(6-8-31)38-20-3-4-21-18(13-20)14-22(34(21)15-23(26)27)24(35)32-9-11-33(12-10-32)39(36,37)16-25(28,29)30/h3-4,13-14,17,19,23H,5-12,15-16H2,1-2H3. The highest BCUT2D eigenvalue weighted by molar-refractivity contribution is 7.89. The first-order chi connectivity index (χ1) is 18.2. The number of fused-ring (bicyclic) bond motifs is 1. The fraction of sp³-hybridized carbons (Fsp3) is 0.640. The van der Waals surface area contributed by atoms with E-state index in [2.05, 4.69) is 18.7 Å². The van der Waals surface area contributed by atoms with Crippen LogP contribution in [0.2, 0.25) is 0 Å². The topological polar surface area (TPSA) is 75.1 Å². The lowest BCUT2D eigenvalue weighted by Gasteiger charge is -2.34. The van der Waals surface area contributed by atoms with Gasteiger partial charge in [-0.3, -0.25) is 4.79 Å². The number of nitrogens with zero attached hydrogens (tertiary/aromatic N) is 4. The lowest BCUT2D eigenvalue weighted by atomic mass is 10.1. The second-order valence-corrected chi connectivity index (χ2v) is 12.2. The minimum Gasteiger partial charge on any atom is -0.490 e. The summed E-state index contributed by atoms with van der Waals surface area (Å²) in [6.45, 7) is 4.46. The summed E-state index contributed by atoms with van der Waals surface area (Å²) in [5, 5.41) is 0.544. The molecule has 0 saturated carbocycles. The smallest absolute Gasteiger partial charge is 0.404 e. The molecule has 0 spiro atoms. The molecule has 0 atom stereocenters. The van der Waals surface area contributed by atoms with Gasteiger partial charge in [0.2, 0.25) is 10.0 Å². The summed E-state index contributed by atoms with van der Waals surface area (Å²) < 4.78 is 97.1. The summed E-state index contributed by atoms with van der Waals surface area (Å²) in [7, 11) is -4.57. The van der Waals surface area contributed by atoms with Crippen LogP contribution in [0.15, 0.2) is 24.3 Å². The molecule has 14 heteroatoms. The van der Waals surface area contributed by atoms with Crippen molar-refractivity contribution in [3.8, 4) is 5.75 Å². The molecule has 1 amide bonds. The summed E-state index contributed by atoms with van der Waals surface area (Å²) in [5.74, 6) is -2.00. The third kappa shape index (κ3) is 7.20. The maximum absolute atomic E-state index is 13.5. The molecule has 2 aliphatic heterocycles. The van der Waals surface area contributed by atoms with E-state index < -0.39 is 40.8 Å². The molecule has 8 nitrogen and oxygen atoms in total. The highest BCUT2D eigenvalue weighted by Gasteiger charge is 2.40. The first kappa shape index (κ1) is 29.5. The predicted molar refractivity (Wildman–Crippen MR) is 136 cm³/mol. The quantitative estimate of drug-likeness (QED) is 0.444. The Labute approximate surface area is 224 Å². The van der Waals surface area contributed by atoms with Crippen molar-refractivity contribution in [1.29, 1.82) is 0 Å². The maximum atomic E-state index is 13.5. The fourth-order valence-electron chi connectivity index (χ4n) is 5.17. The average molecular weight is 581 g/mol. The molecule has 2 fully saturated rings. The van der Waals surface area contributed by atoms with Crippen LogP contribution in [0.3, 0.4) is 0 Å². The van der Waals surface area contributed by atoms with Gasteiger partial charge in [-0.05, 0) is 51.0 Å². The van der Waals surface area contributed by atoms with Crippen molar-refractivity contribution in [1.82, 2.24) is 18.7 Å². The first-order valence-corrected chi connectivity index (χ1v) is 14.5. The van der Waals surface area contributed by atoms with Crippen LogP contribution in [0.25, 0.3) is 10.9 Å². The number of carbonyl (C=O) groups is 1. The van der Waals surface area contributed by atoms with Crippen molar-refractivity contribution in [3.63, 3.8) is 0 Å². The molecule has 2 aromatic rings. The largest absolute Gasteiger partial charge is 0.490 e. The Morgan fingerprint density at radius 1 is 1.03 bits per heavy atom. The third-order valence-corrected chi connectivity index (χ3v) is 9.03. The zero-order valence-electron chi connectivity index (χ0n) is 21.8. The van der Waals surface area contributed by atoms with E-state index in [-0.39, 0.29) is 38.0 Å². The lowest BCUT2D eigenvalue weighted by molar-refractivity contribution is -0.107. The Kier molecular flexibility index (Phi) is 8.76. The Morgan fingerprint density at radius 3 is 2.23 bits per heavy atom. The number of halogens is 5. The van der Waals surface area contributed by atoms with Crippen LogP contribution in [0.5, 0.6) is 5.75 Å². The number of carbonyl (C=O) groups excluding carboxylic acids is 1. The van der Waals surface area contributed by atoms with Crippen LogP contribution in [0.4, 0.5) is 22.0 Å². The zero-order chi connectivity index (χ0) is 28.5. The van der Waals surface area contributed by atoms with E-state index in [1.807, 2.05) is 0 Å². The summed E-state index contributed by atoms with van der Waals surface area (Å²) >= 11 is 0. The van der Waals surface area contributed by atoms with Gasteiger partial charge in [0, 0.05) is 56.2 Å². The number of alkyl halides is 5. The van der Waals surface area contributed by atoms with Crippen molar-refractivity contribution in [2.45, 2.75) is 58.0 Å². The maximum Gasteiger partial charge on any atom is 0.404 e. The third-order valence-electron chi connectivity index (χ3n) is 7.19. The Hall–Kier alpha value is -2.45. The van der Waals surface area contributed by atoms with E-state index in [1.165, 1.54) is 15.5 Å². The number of sulfonamides is 1. The first-order valence-electron chi connectivity index (χ1n) is 12.9. The second kappa shape index (κ2) is 11.6. The number of ether oxygens (including phenoxy) is 1. The number of likely N-dealkylation sites (tertiary alicyclic amines) is 1. The van der Waals surface area contributed by atoms with E-state index in [0.29, 0.717) is 27.0 Å². The number of benzene rings is 1. The normalized spacial score (nSPS) is 18.9. The van der Waals surface area contributed by atoms with Crippen LogP contribution in [0, 0.1) is 0 Å². The summed E-state index contributed by atoms with van der Waals surface area (Å²) in [6, 6.07) is 7.00. The molecular formula is C25H33F5N4O4S. The van der Waals surface area contributed by atoms with E-state index in [1.54, 1.807) is 18.2 Å². The number of piperidine rings is 1. The van der Waals surface area contributed by atoms with Crippen molar-refractivity contribution in [3.05, 3.63) is 30.0 Å². The van der Waals surface area contributed by atoms with Crippen molar-refractivity contribution in [2.24, 2.45) is 0 Å². The van der Waals surface area contributed by atoms with Crippen molar-refractivity contribution in [2.75, 3.05) is 45.0 Å². The van der Waals surface area contributed by atoms with Gasteiger partial charge < -0.3 is 19.1 Å². The molecule has 0 unspecified atom stereocenters. The Balaban J connectivity index is 1.49. The van der Waals surface area contributed by atoms with Gasteiger partial charge in [-0.25, -0.2) is 17.2 Å². The number of rotatable bonds is 8. The molecule has 0 bridgehead atoms. The molecule has 4 rings (SSSR count). The number of amides is 1. The Bertz CT molecular complexity index is 1270. The van der Waals surface area contributed by atoms with Crippen LogP contribution in [-0.2, 0) is 16.6 Å². The van der Waals surface area contributed by atoms with Gasteiger partial charge in [-0.15, -0.1) is 0 Å². The summed E-state index contributed by atoms with van der Waals surface area (Å²) in [5.41, 5.74) is 0.423. The average Bonchev–Trinajstić information content (AvgIpc) is 3.19. The van der Waals surface area contributed by atoms with Gasteiger partial charge in [-0.2, -0.15) is 17.5 Å². The molecule has 0 radical (unpaired) electrons. The van der Waals surface area contributed by atoms with Crippen LogP contribution in [-0.4, -0.2) is 103 Å². The van der Waals surface area contributed by atoms with Gasteiger partial charge in [0.25, 0.3) is 12.3 Å². The van der Waals surface area contributed by atoms with E-state index in [4.69, 9.17) is 4.74 Å². The SMILES string of the molecule is CC(C)N1CCC(Oc2ccc3c(c2)cc(C(=O)N2CCN(S(=O)(=O)CC(F)(F)F)CC2)n3CC(F)F)CC1. The van der Waals surface area contributed by atoms with Gasteiger partial charge in [0.05, 0.1) is 6.54 Å². The highest BCUT2D eigenvalue weighted by Crippen LogP contribution is 2.29. The van der Waals surface area contributed by atoms with Crippen molar-refractivity contribution >= 4 is 26.8 Å². The molecular weight excluding hydrogens is 547 g/mol. The molecule has 0 N–H and O–H groups in total. The number of hydrogen-bond donors (Lipinski definition) is 0. The molecule has 39 heavy (non-hydrogen) atoms. The zero-order valence-corrected chi connectivity index (χ0v) is 22.6.